The molecule has 0 aliphatic carbocycles. The van der Waals surface area contributed by atoms with Gasteiger partial charge in [-0.25, -0.2) is 4.98 Å². The smallest absolute Gasteiger partial charge is 0.140 e. The first kappa shape index (κ1) is 11.8. The van der Waals surface area contributed by atoms with Crippen molar-refractivity contribution < 1.29 is 0 Å². The highest BCUT2D eigenvalue weighted by molar-refractivity contribution is 5.22. The molecule has 0 unspecified atom stereocenters. The quantitative estimate of drug-likeness (QED) is 0.791. The molecule has 0 saturated heterocycles. The van der Waals surface area contributed by atoms with E-state index in [1.54, 1.807) is 11.0 Å². The Balaban J connectivity index is 1.75. The Bertz CT molecular complexity index is 476. The van der Waals surface area contributed by atoms with Gasteiger partial charge < -0.3 is 5.32 Å². The zero-order valence-corrected chi connectivity index (χ0v) is 10.3. The molecule has 0 amide bonds. The summed E-state index contributed by atoms with van der Waals surface area (Å²) in [6.45, 7) is 3.84. The van der Waals surface area contributed by atoms with Crippen molar-refractivity contribution in [3.05, 3.63) is 47.5 Å². The monoisotopic (exact) mass is 230 g/mol. The van der Waals surface area contributed by atoms with Crippen LogP contribution in [-0.2, 0) is 20.0 Å². The van der Waals surface area contributed by atoms with Gasteiger partial charge in [0.15, 0.2) is 0 Å². The van der Waals surface area contributed by atoms with Crippen molar-refractivity contribution in [2.45, 2.75) is 19.9 Å². The summed E-state index contributed by atoms with van der Waals surface area (Å²) in [5, 5.41) is 7.40. The Morgan fingerprint density at radius 1 is 1.35 bits per heavy atom. The highest BCUT2D eigenvalue weighted by Crippen LogP contribution is 2.03. The van der Waals surface area contributed by atoms with E-state index in [0.29, 0.717) is 0 Å². The molecule has 90 valence electrons. The Kier molecular flexibility index (Phi) is 3.88. The van der Waals surface area contributed by atoms with Crippen molar-refractivity contribution in [1.29, 1.82) is 0 Å². The average molecular weight is 230 g/mol. The summed E-state index contributed by atoms with van der Waals surface area (Å²) in [4.78, 5) is 4.16. The summed E-state index contributed by atoms with van der Waals surface area (Å²) in [5.41, 5.74) is 2.69. The minimum atomic E-state index is 0.766. The number of nitrogens with zero attached hydrogens (tertiary/aromatic N) is 3. The molecule has 0 spiro atoms. The predicted octanol–water partition coefficient (Wildman–Crippen LogP) is 1.46. The maximum Gasteiger partial charge on any atom is 0.140 e. The van der Waals surface area contributed by atoms with Gasteiger partial charge in [0, 0.05) is 7.05 Å². The number of hydrogen-bond donors (Lipinski definition) is 1. The van der Waals surface area contributed by atoms with Crippen molar-refractivity contribution >= 4 is 0 Å². The Morgan fingerprint density at radius 2 is 2.24 bits per heavy atom. The van der Waals surface area contributed by atoms with E-state index < -0.39 is 0 Å². The lowest BCUT2D eigenvalue weighted by Crippen LogP contribution is -2.19. The Morgan fingerprint density at radius 3 is 2.94 bits per heavy atom. The second-order valence-electron chi connectivity index (χ2n) is 4.22. The van der Waals surface area contributed by atoms with E-state index in [2.05, 4.69) is 46.6 Å². The molecule has 17 heavy (non-hydrogen) atoms. The fourth-order valence-electron chi connectivity index (χ4n) is 1.78. The van der Waals surface area contributed by atoms with Crippen molar-refractivity contribution in [2.24, 2.45) is 7.05 Å². The molecule has 1 heterocycles. The maximum absolute atomic E-state index is 4.16. The van der Waals surface area contributed by atoms with Crippen LogP contribution in [0, 0.1) is 6.92 Å². The van der Waals surface area contributed by atoms with Gasteiger partial charge in [-0.05, 0) is 25.5 Å². The van der Waals surface area contributed by atoms with Gasteiger partial charge in [-0.15, -0.1) is 0 Å². The maximum atomic E-state index is 4.16. The summed E-state index contributed by atoms with van der Waals surface area (Å²) in [7, 11) is 1.91. The van der Waals surface area contributed by atoms with E-state index >= 15 is 0 Å². The minimum Gasteiger partial charge on any atom is -0.310 e. The molecule has 2 aromatic rings. The van der Waals surface area contributed by atoms with Crippen LogP contribution in [0.2, 0.25) is 0 Å². The van der Waals surface area contributed by atoms with Gasteiger partial charge in [-0.1, -0.05) is 29.8 Å². The van der Waals surface area contributed by atoms with Crippen molar-refractivity contribution in [2.75, 3.05) is 6.54 Å². The van der Waals surface area contributed by atoms with Crippen LogP contribution in [0.1, 0.15) is 17.0 Å². The fourth-order valence-corrected chi connectivity index (χ4v) is 1.78. The van der Waals surface area contributed by atoms with Gasteiger partial charge in [-0.2, -0.15) is 5.10 Å². The molecule has 0 atom stereocenters. The van der Waals surface area contributed by atoms with E-state index in [0.717, 1.165) is 25.3 Å². The zero-order chi connectivity index (χ0) is 12.1. The van der Waals surface area contributed by atoms with Crippen LogP contribution in [0.5, 0.6) is 0 Å². The molecular weight excluding hydrogens is 212 g/mol. The van der Waals surface area contributed by atoms with Crippen molar-refractivity contribution in [3.8, 4) is 0 Å². The predicted molar refractivity (Wildman–Crippen MR) is 67.6 cm³/mol. The topological polar surface area (TPSA) is 42.7 Å². The molecule has 0 saturated carbocycles. The second kappa shape index (κ2) is 5.59. The minimum absolute atomic E-state index is 0.766. The van der Waals surface area contributed by atoms with E-state index in [1.807, 2.05) is 7.05 Å². The molecule has 0 aliphatic rings. The summed E-state index contributed by atoms with van der Waals surface area (Å²) >= 11 is 0. The zero-order valence-electron chi connectivity index (χ0n) is 10.3. The molecule has 4 nitrogen and oxygen atoms in total. The van der Waals surface area contributed by atoms with E-state index in [9.17, 15) is 0 Å². The Hall–Kier alpha value is -1.68. The van der Waals surface area contributed by atoms with Crippen LogP contribution in [0.4, 0.5) is 0 Å². The third-order valence-electron chi connectivity index (χ3n) is 2.76. The number of rotatable bonds is 5. The largest absolute Gasteiger partial charge is 0.310 e. The van der Waals surface area contributed by atoms with Crippen LogP contribution >= 0.6 is 0 Å². The molecule has 4 heteroatoms. The molecule has 1 aromatic heterocycles. The van der Waals surface area contributed by atoms with E-state index in [4.69, 9.17) is 0 Å². The standard InChI is InChI=1S/C13H18N4/c1-11-4-3-5-12(8-11)6-7-14-9-13-15-10-16-17(13)2/h3-5,8,10,14H,6-7,9H2,1-2H3. The van der Waals surface area contributed by atoms with Gasteiger partial charge in [0.1, 0.15) is 12.2 Å². The lowest BCUT2D eigenvalue weighted by molar-refractivity contribution is 0.614. The first-order valence-electron chi connectivity index (χ1n) is 5.85. The van der Waals surface area contributed by atoms with Crippen LogP contribution in [0.25, 0.3) is 0 Å². The SMILES string of the molecule is Cc1cccc(CCNCc2ncnn2C)c1. The van der Waals surface area contributed by atoms with Crippen molar-refractivity contribution in [3.63, 3.8) is 0 Å². The van der Waals surface area contributed by atoms with Gasteiger partial charge in [0.05, 0.1) is 6.54 Å². The van der Waals surface area contributed by atoms with Gasteiger partial charge in [0.25, 0.3) is 0 Å². The highest BCUT2D eigenvalue weighted by atomic mass is 15.3. The summed E-state index contributed by atoms with van der Waals surface area (Å²) < 4.78 is 1.79. The highest BCUT2D eigenvalue weighted by Gasteiger charge is 1.99. The lowest BCUT2D eigenvalue weighted by atomic mass is 10.1. The molecule has 2 rings (SSSR count). The molecule has 0 fully saturated rings. The number of nitrogens with one attached hydrogen (secondary N) is 1. The normalized spacial score (nSPS) is 10.7. The van der Waals surface area contributed by atoms with Crippen LogP contribution in [0.3, 0.4) is 0 Å². The van der Waals surface area contributed by atoms with Gasteiger partial charge >= 0.3 is 0 Å². The number of benzene rings is 1. The van der Waals surface area contributed by atoms with Gasteiger partial charge in [0.2, 0.25) is 0 Å². The molecule has 1 N–H and O–H groups in total. The Labute approximate surface area is 102 Å². The molecule has 0 aliphatic heterocycles. The van der Waals surface area contributed by atoms with Gasteiger partial charge in [-0.3, -0.25) is 4.68 Å². The fraction of sp³-hybridized carbons (Fsp3) is 0.385. The lowest BCUT2D eigenvalue weighted by Gasteiger charge is -2.05. The number of hydrogen-bond acceptors (Lipinski definition) is 3. The molecule has 0 radical (unpaired) electrons. The third-order valence-corrected chi connectivity index (χ3v) is 2.76. The second-order valence-corrected chi connectivity index (χ2v) is 4.22. The molecule has 1 aromatic carbocycles. The summed E-state index contributed by atoms with van der Waals surface area (Å²) in [6.07, 6.45) is 2.62. The number of aromatic nitrogens is 3. The van der Waals surface area contributed by atoms with E-state index in [1.165, 1.54) is 11.1 Å². The summed E-state index contributed by atoms with van der Waals surface area (Å²) in [6, 6.07) is 8.62. The first-order valence-corrected chi connectivity index (χ1v) is 5.85. The van der Waals surface area contributed by atoms with E-state index in [-0.39, 0.29) is 0 Å². The third kappa shape index (κ3) is 3.39. The molecular formula is C13H18N4. The summed E-state index contributed by atoms with van der Waals surface area (Å²) in [5.74, 6) is 0.967. The van der Waals surface area contributed by atoms with Crippen LogP contribution in [-0.4, -0.2) is 21.3 Å². The first-order chi connectivity index (χ1) is 8.25. The van der Waals surface area contributed by atoms with Crippen LogP contribution in [0.15, 0.2) is 30.6 Å². The molecule has 0 bridgehead atoms. The van der Waals surface area contributed by atoms with Crippen LogP contribution < -0.4 is 5.32 Å². The number of aryl methyl sites for hydroxylation is 2. The van der Waals surface area contributed by atoms with Crippen molar-refractivity contribution in [1.82, 2.24) is 20.1 Å². The average Bonchev–Trinajstić information content (AvgIpc) is 2.71.